The molecule has 0 radical (unpaired) electrons. The highest BCUT2D eigenvalue weighted by molar-refractivity contribution is 5.71. The predicted molar refractivity (Wildman–Crippen MR) is 18.2 cm³/mol. The van der Waals surface area contributed by atoms with Crippen molar-refractivity contribution in [2.45, 2.75) is 0 Å². The molecule has 0 unspecified atom stereocenters. The number of hydrogen-bond acceptors (Lipinski definition) is 1. The Kier molecular flexibility index (Phi) is 0.581. The molecule has 0 bridgehead atoms. The van der Waals surface area contributed by atoms with Gasteiger partial charge < -0.3 is 11.5 Å². The Morgan fingerprint density at radius 1 is 1.75 bits per heavy atom. The summed E-state index contributed by atoms with van der Waals surface area (Å²) in [5, 5.41) is 6.06. The molecule has 0 aromatic rings. The highest BCUT2D eigenvalue weighted by Crippen LogP contribution is 1.13. The zero-order valence-corrected chi connectivity index (χ0v) is 2.15. The SMILES string of the molecule is N=C(N)N.[HH]. The van der Waals surface area contributed by atoms with Crippen molar-refractivity contribution in [1.29, 1.82) is 5.41 Å². The van der Waals surface area contributed by atoms with Crippen LogP contribution < -0.4 is 11.5 Å². The number of rotatable bonds is 0. The number of guanidine groups is 1. The van der Waals surface area contributed by atoms with Gasteiger partial charge in [-0.2, -0.15) is 0 Å². The van der Waals surface area contributed by atoms with Gasteiger partial charge in [0, 0.05) is 1.43 Å². The normalized spacial score (nSPS) is 6.00. The fraction of sp³-hybridized carbons (Fsp3) is 0. The quantitative estimate of drug-likeness (QED) is 0.250. The number of nitrogens with two attached hydrogens (primary N) is 2. The number of nitrogens with one attached hydrogen (secondary N) is 1. The van der Waals surface area contributed by atoms with Crippen molar-refractivity contribution in [1.82, 2.24) is 0 Å². The van der Waals surface area contributed by atoms with E-state index in [-0.39, 0.29) is 7.39 Å². The summed E-state index contributed by atoms with van der Waals surface area (Å²) in [6, 6.07) is 0. The van der Waals surface area contributed by atoms with Gasteiger partial charge in [0.25, 0.3) is 0 Å². The van der Waals surface area contributed by atoms with Crippen LogP contribution in [0, 0.1) is 5.41 Å². The molecule has 0 aromatic heterocycles. The van der Waals surface area contributed by atoms with E-state index in [2.05, 4.69) is 11.5 Å². The lowest BCUT2D eigenvalue weighted by Gasteiger charge is -1.69. The van der Waals surface area contributed by atoms with Crippen LogP contribution in [0.2, 0.25) is 0 Å². The maximum Gasteiger partial charge on any atom is 0.183 e. The highest BCUT2D eigenvalue weighted by atomic mass is 14.9. The first-order valence-electron chi connectivity index (χ1n) is 0.827. The van der Waals surface area contributed by atoms with Crippen LogP contribution in [-0.4, -0.2) is 5.96 Å². The minimum atomic E-state index is -0.333. The van der Waals surface area contributed by atoms with E-state index < -0.39 is 0 Å². The molecule has 0 saturated heterocycles. The van der Waals surface area contributed by atoms with Gasteiger partial charge in [0.05, 0.1) is 0 Å². The molecule has 0 aliphatic carbocycles. The molecule has 0 aliphatic rings. The van der Waals surface area contributed by atoms with Crippen LogP contribution >= 0.6 is 0 Å². The Balaban J connectivity index is 0. The second-order valence-electron chi connectivity index (χ2n) is 0.455. The summed E-state index contributed by atoms with van der Waals surface area (Å²) < 4.78 is 0. The third-order valence-corrected chi connectivity index (χ3v) is 0. The maximum atomic E-state index is 6.06. The Hall–Kier alpha value is -0.730. The van der Waals surface area contributed by atoms with Crippen molar-refractivity contribution < 1.29 is 1.43 Å². The topological polar surface area (TPSA) is 75.9 Å². The Labute approximate surface area is 25.6 Å². The van der Waals surface area contributed by atoms with Gasteiger partial charge in [-0.1, -0.05) is 0 Å². The van der Waals surface area contributed by atoms with Gasteiger partial charge in [-0.15, -0.1) is 0 Å². The third-order valence-electron chi connectivity index (χ3n) is 0. The molecule has 0 heterocycles. The minimum Gasteiger partial charge on any atom is -0.370 e. The average molecular weight is 61.1 g/mol. The Bertz CT molecular complexity index is 29.9. The van der Waals surface area contributed by atoms with Crippen molar-refractivity contribution >= 4 is 5.96 Å². The fourth-order valence-electron chi connectivity index (χ4n) is 0. The second kappa shape index (κ2) is 0.711. The largest absolute Gasteiger partial charge is 0.370 e. The molecule has 0 atom stereocenters. The standard InChI is InChI=1S/CH5N3.H2/c2-1(3)4;/h(H5,2,3,4);1H. The first-order valence-corrected chi connectivity index (χ1v) is 0.827. The summed E-state index contributed by atoms with van der Waals surface area (Å²) in [5.74, 6) is -0.333. The molecule has 26 valence electrons. The third kappa shape index (κ3) is 0.174. The molecule has 0 aromatic carbocycles. The summed E-state index contributed by atoms with van der Waals surface area (Å²) in [6.45, 7) is 0. The van der Waals surface area contributed by atoms with E-state index in [1.165, 1.54) is 0 Å². The van der Waals surface area contributed by atoms with Gasteiger partial charge in [-0.05, 0) is 0 Å². The van der Waals surface area contributed by atoms with Gasteiger partial charge in [-0.25, -0.2) is 0 Å². The van der Waals surface area contributed by atoms with Gasteiger partial charge >= 0.3 is 0 Å². The summed E-state index contributed by atoms with van der Waals surface area (Å²) in [6.07, 6.45) is 0. The first-order chi connectivity index (χ1) is 1.73. The van der Waals surface area contributed by atoms with Crippen molar-refractivity contribution in [3.05, 3.63) is 0 Å². The molecule has 0 saturated carbocycles. The molecule has 0 rings (SSSR count). The number of hydrogen-bond donors (Lipinski definition) is 3. The summed E-state index contributed by atoms with van der Waals surface area (Å²) in [5.41, 5.74) is 8.94. The summed E-state index contributed by atoms with van der Waals surface area (Å²) in [7, 11) is 0. The smallest absolute Gasteiger partial charge is 0.183 e. The first kappa shape index (κ1) is 3.27. The molecule has 3 nitrogen and oxygen atoms in total. The van der Waals surface area contributed by atoms with Crippen LogP contribution in [0.5, 0.6) is 0 Å². The fourth-order valence-corrected chi connectivity index (χ4v) is 0. The second-order valence-corrected chi connectivity index (χ2v) is 0.455. The summed E-state index contributed by atoms with van der Waals surface area (Å²) in [4.78, 5) is 0. The molecular weight excluding hydrogens is 54.0 g/mol. The van der Waals surface area contributed by atoms with Gasteiger partial charge in [0.15, 0.2) is 5.96 Å². The minimum absolute atomic E-state index is 0. The van der Waals surface area contributed by atoms with Crippen LogP contribution in [-0.2, 0) is 0 Å². The van der Waals surface area contributed by atoms with Crippen LogP contribution in [0.15, 0.2) is 0 Å². The van der Waals surface area contributed by atoms with E-state index >= 15 is 0 Å². The van der Waals surface area contributed by atoms with Crippen molar-refractivity contribution in [2.75, 3.05) is 0 Å². The van der Waals surface area contributed by atoms with Crippen molar-refractivity contribution in [3.8, 4) is 0 Å². The lowest BCUT2D eigenvalue weighted by molar-refractivity contribution is 1.39. The molecular formula is CH7N3. The molecule has 0 fully saturated rings. The summed E-state index contributed by atoms with van der Waals surface area (Å²) >= 11 is 0. The van der Waals surface area contributed by atoms with E-state index in [9.17, 15) is 0 Å². The van der Waals surface area contributed by atoms with E-state index in [0.717, 1.165) is 0 Å². The Morgan fingerprint density at radius 3 is 1.75 bits per heavy atom. The van der Waals surface area contributed by atoms with Gasteiger partial charge in [-0.3, -0.25) is 5.41 Å². The zero-order valence-electron chi connectivity index (χ0n) is 2.15. The van der Waals surface area contributed by atoms with Crippen LogP contribution in [0.1, 0.15) is 1.43 Å². The van der Waals surface area contributed by atoms with Crippen molar-refractivity contribution in [2.24, 2.45) is 11.5 Å². The van der Waals surface area contributed by atoms with Crippen LogP contribution in [0.3, 0.4) is 0 Å². The van der Waals surface area contributed by atoms with E-state index in [4.69, 9.17) is 5.41 Å². The van der Waals surface area contributed by atoms with Crippen molar-refractivity contribution in [3.63, 3.8) is 0 Å². The Morgan fingerprint density at radius 2 is 1.75 bits per heavy atom. The average Bonchev–Trinajstić information content (AvgIpc) is 0.811. The van der Waals surface area contributed by atoms with E-state index in [1.54, 1.807) is 0 Å². The van der Waals surface area contributed by atoms with Gasteiger partial charge in [0.2, 0.25) is 0 Å². The molecule has 0 spiro atoms. The van der Waals surface area contributed by atoms with Crippen LogP contribution in [0.4, 0.5) is 0 Å². The predicted octanol–water partition coefficient (Wildman–Crippen LogP) is -0.915. The lowest BCUT2D eigenvalue weighted by atomic mass is 11.1. The zero-order chi connectivity index (χ0) is 3.58. The van der Waals surface area contributed by atoms with E-state index in [1.807, 2.05) is 0 Å². The molecule has 3 heteroatoms. The molecule has 4 heavy (non-hydrogen) atoms. The van der Waals surface area contributed by atoms with Gasteiger partial charge in [0.1, 0.15) is 0 Å². The van der Waals surface area contributed by atoms with Crippen LogP contribution in [0.25, 0.3) is 0 Å². The maximum absolute atomic E-state index is 6.06. The lowest BCUT2D eigenvalue weighted by Crippen LogP contribution is -2.20. The van der Waals surface area contributed by atoms with E-state index in [0.29, 0.717) is 0 Å². The highest BCUT2D eigenvalue weighted by Gasteiger charge is 1.52. The molecule has 0 amide bonds. The molecule has 0 aliphatic heterocycles. The monoisotopic (exact) mass is 61.1 g/mol. The molecule has 5 N–H and O–H groups in total.